The highest BCUT2D eigenvalue weighted by Crippen LogP contribution is 2.23. The fraction of sp³-hybridized carbons (Fsp3) is 0.833. The van der Waals surface area contributed by atoms with Crippen LogP contribution in [0.4, 0.5) is 0 Å². The maximum Gasteiger partial charge on any atom is 0.309 e. The van der Waals surface area contributed by atoms with E-state index < -0.39 is 17.9 Å². The number of carbonyl (C=O) groups excluding carboxylic acids is 2. The molecule has 0 saturated heterocycles. The standard InChI is InChI=1S/C12H22N2O3/c1-8-5-3-4-6-10(8)14-12(17)11(16)13-7-9(2)15/h8-10,15H,3-7H2,1-2H3,(H,13,16)(H,14,17)/t8-,9-,10+/m0/s1. The van der Waals surface area contributed by atoms with Gasteiger partial charge in [-0.1, -0.05) is 19.8 Å². The third kappa shape index (κ3) is 4.73. The lowest BCUT2D eigenvalue weighted by Crippen LogP contribution is -2.48. The molecule has 5 heteroatoms. The van der Waals surface area contributed by atoms with Gasteiger partial charge in [0.2, 0.25) is 0 Å². The van der Waals surface area contributed by atoms with Crippen LogP contribution >= 0.6 is 0 Å². The highest BCUT2D eigenvalue weighted by atomic mass is 16.3. The first-order valence-electron chi connectivity index (χ1n) is 6.27. The summed E-state index contributed by atoms with van der Waals surface area (Å²) in [6, 6.07) is 0.105. The normalized spacial score (nSPS) is 26.1. The number of hydrogen-bond donors (Lipinski definition) is 3. The average Bonchev–Trinajstić information content (AvgIpc) is 2.28. The average molecular weight is 242 g/mol. The van der Waals surface area contributed by atoms with Gasteiger partial charge in [0.25, 0.3) is 0 Å². The predicted molar refractivity (Wildman–Crippen MR) is 64.3 cm³/mol. The van der Waals surface area contributed by atoms with Crippen molar-refractivity contribution in [2.24, 2.45) is 5.92 Å². The zero-order valence-corrected chi connectivity index (χ0v) is 10.5. The highest BCUT2D eigenvalue weighted by molar-refractivity contribution is 6.35. The fourth-order valence-electron chi connectivity index (χ4n) is 2.09. The molecule has 98 valence electrons. The molecule has 3 N–H and O–H groups in total. The minimum absolute atomic E-state index is 0.104. The van der Waals surface area contributed by atoms with Gasteiger partial charge in [0, 0.05) is 12.6 Å². The molecular formula is C12H22N2O3. The van der Waals surface area contributed by atoms with Crippen LogP contribution in [0.5, 0.6) is 0 Å². The number of aliphatic hydroxyl groups is 1. The zero-order chi connectivity index (χ0) is 12.8. The zero-order valence-electron chi connectivity index (χ0n) is 10.5. The van der Waals surface area contributed by atoms with E-state index in [1.165, 1.54) is 6.42 Å². The smallest absolute Gasteiger partial charge is 0.309 e. The second-order valence-corrected chi connectivity index (χ2v) is 4.90. The molecule has 0 spiro atoms. The van der Waals surface area contributed by atoms with Gasteiger partial charge in [-0.25, -0.2) is 0 Å². The molecule has 0 radical (unpaired) electrons. The first-order valence-corrected chi connectivity index (χ1v) is 6.27. The van der Waals surface area contributed by atoms with Gasteiger partial charge in [0.15, 0.2) is 0 Å². The molecule has 0 heterocycles. The number of amides is 2. The van der Waals surface area contributed by atoms with Crippen LogP contribution in [0.25, 0.3) is 0 Å². The molecule has 1 aliphatic rings. The van der Waals surface area contributed by atoms with Crippen molar-refractivity contribution in [3.8, 4) is 0 Å². The Kier molecular flexibility index (Phi) is 5.41. The van der Waals surface area contributed by atoms with Crippen molar-refractivity contribution in [2.45, 2.75) is 51.7 Å². The van der Waals surface area contributed by atoms with Crippen molar-refractivity contribution in [3.05, 3.63) is 0 Å². The van der Waals surface area contributed by atoms with Crippen LogP contribution in [0.3, 0.4) is 0 Å². The van der Waals surface area contributed by atoms with E-state index >= 15 is 0 Å². The molecule has 0 aromatic carbocycles. The van der Waals surface area contributed by atoms with Crippen molar-refractivity contribution >= 4 is 11.8 Å². The third-order valence-electron chi connectivity index (χ3n) is 3.19. The Morgan fingerprint density at radius 3 is 2.53 bits per heavy atom. The minimum Gasteiger partial charge on any atom is -0.392 e. The lowest BCUT2D eigenvalue weighted by molar-refractivity contribution is -0.140. The van der Waals surface area contributed by atoms with Crippen molar-refractivity contribution in [2.75, 3.05) is 6.54 Å². The van der Waals surface area contributed by atoms with Crippen LogP contribution in [-0.4, -0.2) is 35.6 Å². The van der Waals surface area contributed by atoms with Gasteiger partial charge in [-0.05, 0) is 25.7 Å². The highest BCUT2D eigenvalue weighted by Gasteiger charge is 2.25. The van der Waals surface area contributed by atoms with Gasteiger partial charge in [-0.15, -0.1) is 0 Å². The monoisotopic (exact) mass is 242 g/mol. The Bertz CT molecular complexity index is 279. The van der Waals surface area contributed by atoms with E-state index in [4.69, 9.17) is 5.11 Å². The van der Waals surface area contributed by atoms with E-state index in [1.807, 2.05) is 0 Å². The molecule has 0 unspecified atom stereocenters. The summed E-state index contributed by atoms with van der Waals surface area (Å²) in [5, 5.41) is 14.1. The molecule has 1 fully saturated rings. The fourth-order valence-corrected chi connectivity index (χ4v) is 2.09. The molecular weight excluding hydrogens is 220 g/mol. The quantitative estimate of drug-likeness (QED) is 0.618. The third-order valence-corrected chi connectivity index (χ3v) is 3.19. The molecule has 0 bridgehead atoms. The number of rotatable bonds is 3. The SMILES string of the molecule is C[C@H](O)CNC(=O)C(=O)N[C@@H]1CCCC[C@@H]1C. The second-order valence-electron chi connectivity index (χ2n) is 4.90. The van der Waals surface area contributed by atoms with Gasteiger partial charge >= 0.3 is 11.8 Å². The minimum atomic E-state index is -0.663. The molecule has 2 amide bonds. The maximum absolute atomic E-state index is 11.6. The maximum atomic E-state index is 11.6. The molecule has 0 aliphatic heterocycles. The van der Waals surface area contributed by atoms with Crippen molar-refractivity contribution < 1.29 is 14.7 Å². The topological polar surface area (TPSA) is 78.4 Å². The molecule has 17 heavy (non-hydrogen) atoms. The number of nitrogens with one attached hydrogen (secondary N) is 2. The second kappa shape index (κ2) is 6.59. The molecule has 0 aromatic heterocycles. The molecule has 1 saturated carbocycles. The summed E-state index contributed by atoms with van der Waals surface area (Å²) in [5.74, 6) is -0.828. The first kappa shape index (κ1) is 14.0. The molecule has 5 nitrogen and oxygen atoms in total. The van der Waals surface area contributed by atoms with Crippen molar-refractivity contribution in [3.63, 3.8) is 0 Å². The first-order chi connectivity index (χ1) is 8.00. The van der Waals surface area contributed by atoms with Crippen LogP contribution in [0, 0.1) is 5.92 Å². The number of carbonyl (C=O) groups is 2. The van der Waals surface area contributed by atoms with E-state index in [1.54, 1.807) is 6.92 Å². The predicted octanol–water partition coefficient (Wildman–Crippen LogP) is 0.178. The van der Waals surface area contributed by atoms with Gasteiger partial charge in [0.05, 0.1) is 6.10 Å². The van der Waals surface area contributed by atoms with Gasteiger partial charge in [-0.2, -0.15) is 0 Å². The molecule has 0 aromatic rings. The number of hydrogen-bond acceptors (Lipinski definition) is 3. The van der Waals surface area contributed by atoms with Gasteiger partial charge in [-0.3, -0.25) is 9.59 Å². The Labute approximate surface area is 102 Å². The van der Waals surface area contributed by atoms with Crippen molar-refractivity contribution in [1.29, 1.82) is 0 Å². The Hall–Kier alpha value is -1.10. The Balaban J connectivity index is 2.34. The van der Waals surface area contributed by atoms with Crippen LogP contribution in [0.15, 0.2) is 0 Å². The van der Waals surface area contributed by atoms with Crippen molar-refractivity contribution in [1.82, 2.24) is 10.6 Å². The Morgan fingerprint density at radius 1 is 1.29 bits per heavy atom. The van der Waals surface area contributed by atoms with Crippen LogP contribution < -0.4 is 10.6 Å². The molecule has 1 aliphatic carbocycles. The van der Waals surface area contributed by atoms with Crippen LogP contribution in [0.2, 0.25) is 0 Å². The summed E-state index contributed by atoms with van der Waals surface area (Å²) < 4.78 is 0. The summed E-state index contributed by atoms with van der Waals surface area (Å²) >= 11 is 0. The van der Waals surface area contributed by atoms with E-state index in [0.717, 1.165) is 19.3 Å². The molecule has 3 atom stereocenters. The summed E-state index contributed by atoms with van der Waals surface area (Å²) in [7, 11) is 0. The summed E-state index contributed by atoms with van der Waals surface area (Å²) in [4.78, 5) is 23.0. The summed E-state index contributed by atoms with van der Waals surface area (Å²) in [6.45, 7) is 3.76. The lowest BCUT2D eigenvalue weighted by Gasteiger charge is -2.29. The van der Waals surface area contributed by atoms with Crippen LogP contribution in [-0.2, 0) is 9.59 Å². The van der Waals surface area contributed by atoms with Gasteiger partial charge in [0.1, 0.15) is 0 Å². The van der Waals surface area contributed by atoms with Crippen LogP contribution in [0.1, 0.15) is 39.5 Å². The molecule has 1 rings (SSSR count). The number of aliphatic hydroxyl groups excluding tert-OH is 1. The van der Waals surface area contributed by atoms with E-state index in [-0.39, 0.29) is 12.6 Å². The van der Waals surface area contributed by atoms with Gasteiger partial charge < -0.3 is 15.7 Å². The summed E-state index contributed by atoms with van der Waals surface area (Å²) in [6.07, 6.45) is 3.70. The van der Waals surface area contributed by atoms with E-state index in [0.29, 0.717) is 5.92 Å². The lowest BCUT2D eigenvalue weighted by atomic mass is 9.86. The van der Waals surface area contributed by atoms with E-state index in [9.17, 15) is 9.59 Å². The Morgan fingerprint density at radius 2 is 1.94 bits per heavy atom. The summed E-state index contributed by atoms with van der Waals surface area (Å²) in [5.41, 5.74) is 0. The largest absolute Gasteiger partial charge is 0.392 e. The van der Waals surface area contributed by atoms with E-state index in [2.05, 4.69) is 17.6 Å².